The van der Waals surface area contributed by atoms with Gasteiger partial charge in [-0.15, -0.1) is 0 Å². The van der Waals surface area contributed by atoms with Crippen LogP contribution in [0.5, 0.6) is 0 Å². The van der Waals surface area contributed by atoms with Crippen LogP contribution in [0.15, 0.2) is 68.3 Å². The van der Waals surface area contributed by atoms with Gasteiger partial charge in [-0.3, -0.25) is 0 Å². The van der Waals surface area contributed by atoms with Gasteiger partial charge in [-0.1, -0.05) is 35.5 Å². The molecule has 0 aliphatic heterocycles. The van der Waals surface area contributed by atoms with E-state index >= 15 is 0 Å². The number of aryl methyl sites for hydroxylation is 1. The zero-order valence-corrected chi connectivity index (χ0v) is 17.6. The third-order valence-corrected chi connectivity index (χ3v) is 5.15. The predicted molar refractivity (Wildman–Crippen MR) is 111 cm³/mol. The Morgan fingerprint density at radius 3 is 2.37 bits per heavy atom. The lowest BCUT2D eigenvalue weighted by molar-refractivity contribution is -0.0928. The molecule has 0 saturated carbocycles. The topological polar surface area (TPSA) is 41.6 Å². The maximum absolute atomic E-state index is 14.4. The number of aromatic nitrogens is 1. The number of hydrogen-bond donors (Lipinski definition) is 0. The minimum Gasteiger partial charge on any atom is -0.355 e. The molecule has 0 atom stereocenters. The number of hydrazone groups is 1. The summed E-state index contributed by atoms with van der Waals surface area (Å²) in [6.45, 7) is 6.18. The Labute approximate surface area is 178 Å². The molecule has 3 rings (SSSR count). The number of rotatable bonds is 5. The Morgan fingerprint density at radius 2 is 1.80 bits per heavy atom. The molecule has 2 aromatic carbocycles. The third kappa shape index (κ3) is 4.02. The van der Waals surface area contributed by atoms with E-state index in [1.165, 1.54) is 31.2 Å². The minimum absolute atomic E-state index is 0.0688. The van der Waals surface area contributed by atoms with Crippen molar-refractivity contribution in [3.05, 3.63) is 75.8 Å². The number of para-hydroxylation sites is 1. The fourth-order valence-corrected chi connectivity index (χ4v) is 3.69. The minimum atomic E-state index is -4.79. The van der Waals surface area contributed by atoms with Crippen molar-refractivity contribution in [2.24, 2.45) is 5.10 Å². The molecule has 0 amide bonds. The summed E-state index contributed by atoms with van der Waals surface area (Å²) in [7, 11) is 0. The maximum atomic E-state index is 14.4. The summed E-state index contributed by atoms with van der Waals surface area (Å²) in [4.78, 5) is 0. The highest BCUT2D eigenvalue weighted by Crippen LogP contribution is 2.42. The van der Waals surface area contributed by atoms with Crippen molar-refractivity contribution < 1.29 is 22.1 Å². The second-order valence-electron chi connectivity index (χ2n) is 6.37. The molecule has 3 aromatic rings. The van der Waals surface area contributed by atoms with Crippen LogP contribution in [-0.4, -0.2) is 18.1 Å². The van der Waals surface area contributed by atoms with Crippen molar-refractivity contribution in [3.63, 3.8) is 0 Å². The molecule has 9 heteroatoms. The standard InChI is InChI=1S/C21H16BrF4N3O/c1-12-8-7-11-15(23)16(12)18-17(22)19(30-28-18)13(2)20(21(24,25)26)29(27-3)14-9-5-4-6-10-14/h4-11H,3H2,1-2H3/b20-13+. The molecule has 0 aliphatic rings. The van der Waals surface area contributed by atoms with E-state index in [1.54, 1.807) is 31.2 Å². The van der Waals surface area contributed by atoms with E-state index in [9.17, 15) is 17.6 Å². The largest absolute Gasteiger partial charge is 0.433 e. The normalized spacial score (nSPS) is 12.5. The predicted octanol–water partition coefficient (Wildman–Crippen LogP) is 6.97. The Balaban J connectivity index is 2.22. The molecular formula is C21H16BrF4N3O. The van der Waals surface area contributed by atoms with Gasteiger partial charge < -0.3 is 4.52 Å². The number of halogens is 5. The van der Waals surface area contributed by atoms with Gasteiger partial charge in [0.25, 0.3) is 0 Å². The van der Waals surface area contributed by atoms with Crippen molar-refractivity contribution in [2.75, 3.05) is 5.01 Å². The first-order valence-electron chi connectivity index (χ1n) is 8.67. The Morgan fingerprint density at radius 1 is 1.13 bits per heavy atom. The lowest BCUT2D eigenvalue weighted by Crippen LogP contribution is -2.28. The molecule has 4 nitrogen and oxygen atoms in total. The average molecular weight is 482 g/mol. The molecule has 0 saturated heterocycles. The number of benzene rings is 2. The fraction of sp³-hybridized carbons (Fsp3) is 0.143. The molecule has 0 bridgehead atoms. The van der Waals surface area contributed by atoms with Crippen LogP contribution < -0.4 is 5.01 Å². The van der Waals surface area contributed by atoms with E-state index in [4.69, 9.17) is 4.52 Å². The summed E-state index contributed by atoms with van der Waals surface area (Å²) in [6.07, 6.45) is -4.79. The lowest BCUT2D eigenvalue weighted by atomic mass is 10.0. The zero-order valence-electron chi connectivity index (χ0n) is 16.0. The molecule has 0 N–H and O–H groups in total. The third-order valence-electron chi connectivity index (χ3n) is 4.41. The number of allylic oxidation sites excluding steroid dienone is 2. The van der Waals surface area contributed by atoms with Crippen molar-refractivity contribution in [2.45, 2.75) is 20.0 Å². The van der Waals surface area contributed by atoms with E-state index in [0.29, 0.717) is 10.6 Å². The Hall–Kier alpha value is -2.94. The molecular weight excluding hydrogens is 466 g/mol. The summed E-state index contributed by atoms with van der Waals surface area (Å²) in [6, 6.07) is 12.2. The quantitative estimate of drug-likeness (QED) is 0.224. The lowest BCUT2D eigenvalue weighted by Gasteiger charge is -2.25. The highest BCUT2D eigenvalue weighted by molar-refractivity contribution is 9.10. The van der Waals surface area contributed by atoms with Crippen LogP contribution in [0.2, 0.25) is 0 Å². The molecule has 0 aliphatic carbocycles. The van der Waals surface area contributed by atoms with E-state index in [0.717, 1.165) is 0 Å². The van der Waals surface area contributed by atoms with Crippen molar-refractivity contribution >= 4 is 33.9 Å². The van der Waals surface area contributed by atoms with Crippen LogP contribution in [0.3, 0.4) is 0 Å². The first kappa shape index (κ1) is 21.8. The smallest absolute Gasteiger partial charge is 0.355 e. The Bertz CT molecular complexity index is 1090. The van der Waals surface area contributed by atoms with E-state index < -0.39 is 17.7 Å². The van der Waals surface area contributed by atoms with Gasteiger partial charge in [-0.05, 0) is 53.5 Å². The zero-order chi connectivity index (χ0) is 22.1. The monoisotopic (exact) mass is 481 g/mol. The summed E-state index contributed by atoms with van der Waals surface area (Å²) < 4.78 is 61.8. The molecule has 156 valence electrons. The van der Waals surface area contributed by atoms with E-state index in [-0.39, 0.29) is 32.8 Å². The average Bonchev–Trinajstić information content (AvgIpc) is 3.06. The van der Waals surface area contributed by atoms with Gasteiger partial charge in [0.1, 0.15) is 11.5 Å². The van der Waals surface area contributed by atoms with Crippen LogP contribution >= 0.6 is 15.9 Å². The van der Waals surface area contributed by atoms with Gasteiger partial charge >= 0.3 is 6.18 Å². The highest BCUT2D eigenvalue weighted by Gasteiger charge is 2.42. The molecule has 0 fully saturated rings. The van der Waals surface area contributed by atoms with Gasteiger partial charge in [0, 0.05) is 17.9 Å². The van der Waals surface area contributed by atoms with E-state index in [2.05, 4.69) is 32.9 Å². The second kappa shape index (κ2) is 8.43. The first-order chi connectivity index (χ1) is 14.2. The van der Waals surface area contributed by atoms with Gasteiger partial charge in [0.15, 0.2) is 11.5 Å². The van der Waals surface area contributed by atoms with Crippen LogP contribution in [0.25, 0.3) is 16.8 Å². The SMILES string of the molecule is C=NN(/C(=C(\C)c1onc(-c2c(C)cccc2F)c1Br)C(F)(F)F)c1ccccc1. The number of nitrogens with zero attached hydrogens (tertiary/aromatic N) is 3. The van der Waals surface area contributed by atoms with Gasteiger partial charge in [0.2, 0.25) is 0 Å². The molecule has 1 heterocycles. The molecule has 0 radical (unpaired) electrons. The number of alkyl halides is 3. The van der Waals surface area contributed by atoms with Crippen LogP contribution in [0.1, 0.15) is 18.2 Å². The van der Waals surface area contributed by atoms with Crippen LogP contribution in [0, 0.1) is 12.7 Å². The molecule has 0 spiro atoms. The molecule has 0 unspecified atom stereocenters. The van der Waals surface area contributed by atoms with E-state index in [1.807, 2.05) is 0 Å². The van der Waals surface area contributed by atoms with Gasteiger partial charge in [-0.25, -0.2) is 9.40 Å². The van der Waals surface area contributed by atoms with Crippen LogP contribution in [0.4, 0.5) is 23.2 Å². The highest BCUT2D eigenvalue weighted by atomic mass is 79.9. The second-order valence-corrected chi connectivity index (χ2v) is 7.16. The number of anilines is 1. The van der Waals surface area contributed by atoms with Gasteiger partial charge in [-0.2, -0.15) is 18.3 Å². The van der Waals surface area contributed by atoms with Crippen molar-refractivity contribution in [3.8, 4) is 11.3 Å². The van der Waals surface area contributed by atoms with Crippen molar-refractivity contribution in [1.29, 1.82) is 0 Å². The summed E-state index contributed by atoms with van der Waals surface area (Å²) in [5.41, 5.74) is -0.454. The maximum Gasteiger partial charge on any atom is 0.433 e. The fourth-order valence-electron chi connectivity index (χ4n) is 3.05. The van der Waals surface area contributed by atoms with Gasteiger partial charge in [0.05, 0.1) is 10.2 Å². The first-order valence-corrected chi connectivity index (χ1v) is 9.47. The number of hydrogen-bond acceptors (Lipinski definition) is 4. The summed E-state index contributed by atoms with van der Waals surface area (Å²) in [5.74, 6) is -0.753. The van der Waals surface area contributed by atoms with Crippen LogP contribution in [-0.2, 0) is 0 Å². The molecule has 30 heavy (non-hydrogen) atoms. The summed E-state index contributed by atoms with van der Waals surface area (Å²) in [5, 5.41) is 8.06. The van der Waals surface area contributed by atoms with Crippen molar-refractivity contribution in [1.82, 2.24) is 5.16 Å². The molecule has 1 aromatic heterocycles. The Kier molecular flexibility index (Phi) is 6.12. The summed E-state index contributed by atoms with van der Waals surface area (Å²) >= 11 is 3.23.